The summed E-state index contributed by atoms with van der Waals surface area (Å²) >= 11 is 11.8. The van der Waals surface area contributed by atoms with Crippen molar-refractivity contribution in [3.8, 4) is 0 Å². The fraction of sp³-hybridized carbons (Fsp3) is 0.588. The lowest BCUT2D eigenvalue weighted by Gasteiger charge is -2.23. The first-order chi connectivity index (χ1) is 10.1. The van der Waals surface area contributed by atoms with Crippen molar-refractivity contribution in [1.82, 2.24) is 5.32 Å². The van der Waals surface area contributed by atoms with E-state index in [2.05, 4.69) is 23.6 Å². The van der Waals surface area contributed by atoms with Gasteiger partial charge in [-0.05, 0) is 56.1 Å². The minimum Gasteiger partial charge on any atom is -0.360 e. The Balaban J connectivity index is 1.95. The van der Waals surface area contributed by atoms with Gasteiger partial charge in [0.05, 0.1) is 10.7 Å². The van der Waals surface area contributed by atoms with Gasteiger partial charge in [-0.1, -0.05) is 49.8 Å². The summed E-state index contributed by atoms with van der Waals surface area (Å²) in [4.78, 5) is 0. The Labute approximate surface area is 138 Å². The molecular weight excluding hydrogens is 300 g/mol. The predicted octanol–water partition coefficient (Wildman–Crippen LogP) is 5.36. The van der Waals surface area contributed by atoms with E-state index in [1.54, 1.807) is 0 Å². The number of nitrogens with one attached hydrogen (secondary N) is 2. The van der Waals surface area contributed by atoms with Crippen molar-refractivity contribution in [1.29, 1.82) is 0 Å². The second kappa shape index (κ2) is 8.00. The van der Waals surface area contributed by atoms with Crippen LogP contribution in [0.15, 0.2) is 12.1 Å². The fourth-order valence-electron chi connectivity index (χ4n) is 3.01. The van der Waals surface area contributed by atoms with Gasteiger partial charge in [0.15, 0.2) is 5.11 Å². The number of hydrogen-bond donors (Lipinski definition) is 2. The van der Waals surface area contributed by atoms with Crippen LogP contribution in [0.5, 0.6) is 0 Å². The van der Waals surface area contributed by atoms with E-state index in [4.69, 9.17) is 23.8 Å². The summed E-state index contributed by atoms with van der Waals surface area (Å²) in [5, 5.41) is 8.16. The Morgan fingerprint density at radius 2 is 1.71 bits per heavy atom. The zero-order valence-electron chi connectivity index (χ0n) is 13.0. The van der Waals surface area contributed by atoms with Gasteiger partial charge in [-0.3, -0.25) is 0 Å². The third-order valence-electron chi connectivity index (χ3n) is 4.11. The molecule has 0 radical (unpaired) electrons. The molecule has 0 spiro atoms. The SMILES string of the molecule is Cc1cc(C)c(NC(=S)NC2CCCCCCC2)c(Cl)c1. The first-order valence-corrected chi connectivity index (χ1v) is 8.69. The molecule has 4 heteroatoms. The standard InChI is InChI=1S/C17H25ClN2S/c1-12-10-13(2)16(15(18)11-12)20-17(21)19-14-8-6-4-3-5-7-9-14/h10-11,14H,3-9H2,1-2H3,(H2,19,20,21). The van der Waals surface area contributed by atoms with Crippen molar-refractivity contribution in [2.75, 3.05) is 5.32 Å². The minimum absolute atomic E-state index is 0.495. The van der Waals surface area contributed by atoms with Gasteiger partial charge in [0.25, 0.3) is 0 Å². The Kier molecular flexibility index (Phi) is 6.31. The molecule has 1 aromatic carbocycles. The number of halogens is 1. The quantitative estimate of drug-likeness (QED) is 0.716. The molecule has 1 fully saturated rings. The fourth-order valence-corrected chi connectivity index (χ4v) is 3.65. The molecule has 0 aromatic heterocycles. The Bertz CT molecular complexity index is 471. The van der Waals surface area contributed by atoms with Crippen LogP contribution in [-0.2, 0) is 0 Å². The van der Waals surface area contributed by atoms with Gasteiger partial charge in [0, 0.05) is 6.04 Å². The molecule has 1 aliphatic rings. The van der Waals surface area contributed by atoms with E-state index in [-0.39, 0.29) is 0 Å². The largest absolute Gasteiger partial charge is 0.360 e. The highest BCUT2D eigenvalue weighted by atomic mass is 35.5. The lowest BCUT2D eigenvalue weighted by molar-refractivity contribution is 0.430. The zero-order valence-corrected chi connectivity index (χ0v) is 14.5. The monoisotopic (exact) mass is 324 g/mol. The Hall–Kier alpha value is -0.800. The molecule has 21 heavy (non-hydrogen) atoms. The number of anilines is 1. The summed E-state index contributed by atoms with van der Waals surface area (Å²) in [7, 11) is 0. The van der Waals surface area contributed by atoms with Gasteiger partial charge in [-0.2, -0.15) is 0 Å². The van der Waals surface area contributed by atoms with Crippen molar-refractivity contribution in [2.24, 2.45) is 0 Å². The highest BCUT2D eigenvalue weighted by Crippen LogP contribution is 2.27. The highest BCUT2D eigenvalue weighted by molar-refractivity contribution is 7.80. The van der Waals surface area contributed by atoms with Crippen LogP contribution in [0.3, 0.4) is 0 Å². The number of aryl methyl sites for hydroxylation is 2. The molecule has 1 saturated carbocycles. The summed E-state index contributed by atoms with van der Waals surface area (Å²) in [5.41, 5.74) is 3.22. The van der Waals surface area contributed by atoms with Gasteiger partial charge in [0.2, 0.25) is 0 Å². The molecule has 0 unspecified atom stereocenters. The lowest BCUT2D eigenvalue weighted by Crippen LogP contribution is -2.38. The number of hydrogen-bond acceptors (Lipinski definition) is 1. The topological polar surface area (TPSA) is 24.1 Å². The summed E-state index contributed by atoms with van der Waals surface area (Å²) < 4.78 is 0. The predicted molar refractivity (Wildman–Crippen MR) is 96.4 cm³/mol. The molecule has 1 aromatic rings. The van der Waals surface area contributed by atoms with Crippen LogP contribution in [0, 0.1) is 13.8 Å². The second-order valence-electron chi connectivity index (χ2n) is 6.08. The maximum Gasteiger partial charge on any atom is 0.171 e. The molecule has 0 amide bonds. The maximum absolute atomic E-state index is 6.32. The summed E-state index contributed by atoms with van der Waals surface area (Å²) in [6.07, 6.45) is 9.09. The lowest BCUT2D eigenvalue weighted by atomic mass is 9.97. The molecule has 116 valence electrons. The molecule has 1 aliphatic carbocycles. The van der Waals surface area contributed by atoms with Gasteiger partial charge < -0.3 is 10.6 Å². The van der Waals surface area contributed by atoms with Crippen LogP contribution in [0.4, 0.5) is 5.69 Å². The molecule has 2 nitrogen and oxygen atoms in total. The molecule has 0 saturated heterocycles. The van der Waals surface area contributed by atoms with Crippen LogP contribution in [0.2, 0.25) is 5.02 Å². The van der Waals surface area contributed by atoms with Gasteiger partial charge in [-0.15, -0.1) is 0 Å². The van der Waals surface area contributed by atoms with Gasteiger partial charge in [-0.25, -0.2) is 0 Å². The first kappa shape index (κ1) is 16.6. The van der Waals surface area contributed by atoms with E-state index in [1.165, 1.54) is 50.5 Å². The third kappa shape index (κ3) is 5.15. The second-order valence-corrected chi connectivity index (χ2v) is 6.89. The minimum atomic E-state index is 0.495. The maximum atomic E-state index is 6.32. The van der Waals surface area contributed by atoms with Crippen molar-refractivity contribution in [3.63, 3.8) is 0 Å². The summed E-state index contributed by atoms with van der Waals surface area (Å²) in [6, 6.07) is 4.58. The van der Waals surface area contributed by atoms with Crippen LogP contribution >= 0.6 is 23.8 Å². The van der Waals surface area contributed by atoms with Gasteiger partial charge >= 0.3 is 0 Å². The van der Waals surface area contributed by atoms with Crippen LogP contribution in [-0.4, -0.2) is 11.2 Å². The van der Waals surface area contributed by atoms with E-state index in [0.717, 1.165) is 16.3 Å². The number of rotatable bonds is 2. The van der Waals surface area contributed by atoms with Crippen molar-refractivity contribution >= 4 is 34.6 Å². The smallest absolute Gasteiger partial charge is 0.171 e. The summed E-state index contributed by atoms with van der Waals surface area (Å²) in [5.74, 6) is 0. The van der Waals surface area contributed by atoms with Crippen LogP contribution in [0.25, 0.3) is 0 Å². The van der Waals surface area contributed by atoms with E-state index < -0.39 is 0 Å². The average Bonchev–Trinajstić information content (AvgIpc) is 2.37. The van der Waals surface area contributed by atoms with Crippen molar-refractivity contribution in [3.05, 3.63) is 28.3 Å². The molecular formula is C17H25ClN2S. The summed E-state index contributed by atoms with van der Waals surface area (Å²) in [6.45, 7) is 4.10. The number of benzene rings is 1. The molecule has 0 aliphatic heterocycles. The highest BCUT2D eigenvalue weighted by Gasteiger charge is 2.13. The van der Waals surface area contributed by atoms with E-state index >= 15 is 0 Å². The molecule has 0 bridgehead atoms. The number of thiocarbonyl (C=S) groups is 1. The van der Waals surface area contributed by atoms with E-state index in [9.17, 15) is 0 Å². The van der Waals surface area contributed by atoms with Crippen LogP contribution < -0.4 is 10.6 Å². The Morgan fingerprint density at radius 1 is 1.10 bits per heavy atom. The van der Waals surface area contributed by atoms with E-state index in [1.807, 2.05) is 13.0 Å². The van der Waals surface area contributed by atoms with Crippen LogP contribution in [0.1, 0.15) is 56.1 Å². The van der Waals surface area contributed by atoms with Crippen molar-refractivity contribution < 1.29 is 0 Å². The average molecular weight is 325 g/mol. The molecule has 0 atom stereocenters. The third-order valence-corrected chi connectivity index (χ3v) is 4.63. The van der Waals surface area contributed by atoms with E-state index in [0.29, 0.717) is 11.2 Å². The van der Waals surface area contributed by atoms with Crippen molar-refractivity contribution in [2.45, 2.75) is 64.8 Å². The first-order valence-electron chi connectivity index (χ1n) is 7.90. The molecule has 2 rings (SSSR count). The Morgan fingerprint density at radius 3 is 2.33 bits per heavy atom. The van der Waals surface area contributed by atoms with Gasteiger partial charge in [0.1, 0.15) is 0 Å². The normalized spacial score (nSPS) is 16.9. The molecule has 2 N–H and O–H groups in total. The molecule has 0 heterocycles. The zero-order chi connectivity index (χ0) is 15.2.